The van der Waals surface area contributed by atoms with Crippen LogP contribution in [0, 0.1) is 0 Å². The van der Waals surface area contributed by atoms with E-state index in [-0.39, 0.29) is 6.42 Å². The highest BCUT2D eigenvalue weighted by atomic mass is 16.5. The summed E-state index contributed by atoms with van der Waals surface area (Å²) >= 11 is 0. The molecule has 0 saturated carbocycles. The van der Waals surface area contributed by atoms with Crippen molar-refractivity contribution in [1.82, 2.24) is 5.32 Å². The Labute approximate surface area is 105 Å². The smallest absolute Gasteiger partial charge is 0.328 e. The molecule has 0 spiro atoms. The lowest BCUT2D eigenvalue weighted by molar-refractivity contribution is -0.151. The molecule has 1 amide bonds. The first-order valence-electron chi connectivity index (χ1n) is 5.65. The van der Waals surface area contributed by atoms with E-state index < -0.39 is 30.0 Å². The number of nitrogens with one attached hydrogen (secondary N) is 1. The van der Waals surface area contributed by atoms with Gasteiger partial charge in [-0.1, -0.05) is 0 Å². The predicted octanol–water partition coefficient (Wildman–Crippen LogP) is -0.614. The zero-order chi connectivity index (χ0) is 13.5. The molecule has 2 atom stereocenters. The summed E-state index contributed by atoms with van der Waals surface area (Å²) in [5.74, 6) is -1.70. The summed E-state index contributed by atoms with van der Waals surface area (Å²) in [5.41, 5.74) is 0. The van der Waals surface area contributed by atoms with Crippen LogP contribution in [0.2, 0.25) is 0 Å². The van der Waals surface area contributed by atoms with Crippen molar-refractivity contribution in [3.8, 4) is 0 Å². The van der Waals surface area contributed by atoms with Crippen molar-refractivity contribution in [2.45, 2.75) is 31.4 Å². The fourth-order valence-electron chi connectivity index (χ4n) is 1.63. The Hall–Kier alpha value is -1.63. The van der Waals surface area contributed by atoms with Gasteiger partial charge in [-0.25, -0.2) is 4.79 Å². The maximum Gasteiger partial charge on any atom is 0.328 e. The number of rotatable bonds is 5. The van der Waals surface area contributed by atoms with Crippen molar-refractivity contribution in [1.29, 1.82) is 0 Å². The van der Waals surface area contributed by atoms with Gasteiger partial charge in [0.05, 0.1) is 20.6 Å². The van der Waals surface area contributed by atoms with Crippen LogP contribution >= 0.6 is 0 Å². The van der Waals surface area contributed by atoms with Gasteiger partial charge in [-0.05, 0) is 12.8 Å². The van der Waals surface area contributed by atoms with Gasteiger partial charge < -0.3 is 19.5 Å². The molecule has 1 aliphatic heterocycles. The van der Waals surface area contributed by atoms with Crippen molar-refractivity contribution in [3.05, 3.63) is 0 Å². The fourth-order valence-corrected chi connectivity index (χ4v) is 1.63. The molecule has 0 aromatic rings. The summed E-state index contributed by atoms with van der Waals surface area (Å²) in [6.45, 7) is 0.526. The van der Waals surface area contributed by atoms with Crippen LogP contribution in [0.25, 0.3) is 0 Å². The molecule has 1 fully saturated rings. The molecule has 0 unspecified atom stereocenters. The Balaban J connectivity index is 2.56. The van der Waals surface area contributed by atoms with Crippen LogP contribution < -0.4 is 5.32 Å². The van der Waals surface area contributed by atoms with Crippen LogP contribution in [0.5, 0.6) is 0 Å². The first-order valence-corrected chi connectivity index (χ1v) is 5.65. The summed E-state index contributed by atoms with van der Waals surface area (Å²) in [6.07, 6.45) is 0.590. The minimum Gasteiger partial charge on any atom is -0.469 e. The third-order valence-electron chi connectivity index (χ3n) is 2.62. The third kappa shape index (κ3) is 3.99. The van der Waals surface area contributed by atoms with Crippen LogP contribution in [0.15, 0.2) is 0 Å². The molecule has 1 rings (SSSR count). The van der Waals surface area contributed by atoms with E-state index in [0.29, 0.717) is 13.0 Å². The molecule has 0 bridgehead atoms. The van der Waals surface area contributed by atoms with E-state index in [1.807, 2.05) is 0 Å². The molecule has 1 heterocycles. The lowest BCUT2D eigenvalue weighted by atomic mass is 10.1. The first-order chi connectivity index (χ1) is 8.58. The third-order valence-corrected chi connectivity index (χ3v) is 2.62. The minimum absolute atomic E-state index is 0.262. The minimum atomic E-state index is -1.04. The van der Waals surface area contributed by atoms with Crippen molar-refractivity contribution in [3.63, 3.8) is 0 Å². The van der Waals surface area contributed by atoms with Crippen LogP contribution in [0.4, 0.5) is 0 Å². The summed E-state index contributed by atoms with van der Waals surface area (Å²) in [5, 5.41) is 2.44. The summed E-state index contributed by atoms with van der Waals surface area (Å²) in [7, 11) is 2.39. The lowest BCUT2D eigenvalue weighted by Crippen LogP contribution is -2.47. The Morgan fingerprint density at radius 1 is 1.33 bits per heavy atom. The Kier molecular flexibility index (Phi) is 5.57. The average Bonchev–Trinajstić information content (AvgIpc) is 2.90. The van der Waals surface area contributed by atoms with Gasteiger partial charge in [0.25, 0.3) is 0 Å². The molecule has 0 aromatic heterocycles. The second kappa shape index (κ2) is 6.95. The van der Waals surface area contributed by atoms with Crippen LogP contribution in [0.3, 0.4) is 0 Å². The molecule has 18 heavy (non-hydrogen) atoms. The average molecular weight is 259 g/mol. The molecule has 0 radical (unpaired) electrons. The van der Waals surface area contributed by atoms with E-state index in [2.05, 4.69) is 14.8 Å². The molecule has 1 N–H and O–H groups in total. The van der Waals surface area contributed by atoms with E-state index in [0.717, 1.165) is 6.42 Å². The Bertz CT molecular complexity index is 323. The molecule has 1 saturated heterocycles. The topological polar surface area (TPSA) is 90.9 Å². The number of esters is 2. The number of hydrogen-bond donors (Lipinski definition) is 1. The quantitative estimate of drug-likeness (QED) is 0.662. The monoisotopic (exact) mass is 259 g/mol. The van der Waals surface area contributed by atoms with Gasteiger partial charge in [-0.2, -0.15) is 0 Å². The highest BCUT2D eigenvalue weighted by Crippen LogP contribution is 2.12. The van der Waals surface area contributed by atoms with Crippen molar-refractivity contribution in [2.75, 3.05) is 20.8 Å². The van der Waals surface area contributed by atoms with Gasteiger partial charge in [-0.15, -0.1) is 0 Å². The van der Waals surface area contributed by atoms with E-state index in [4.69, 9.17) is 4.74 Å². The lowest BCUT2D eigenvalue weighted by Gasteiger charge is -2.17. The molecular formula is C11H17NO6. The number of carbonyl (C=O) groups is 3. The Morgan fingerprint density at radius 2 is 2.06 bits per heavy atom. The predicted molar refractivity (Wildman–Crippen MR) is 59.6 cm³/mol. The van der Waals surface area contributed by atoms with Gasteiger partial charge in [0.2, 0.25) is 5.91 Å². The summed E-state index contributed by atoms with van der Waals surface area (Å²) in [4.78, 5) is 34.3. The van der Waals surface area contributed by atoms with Gasteiger partial charge in [0.15, 0.2) is 0 Å². The number of methoxy groups -OCH3 is 2. The second-order valence-electron chi connectivity index (χ2n) is 3.87. The van der Waals surface area contributed by atoms with Crippen molar-refractivity contribution < 1.29 is 28.6 Å². The zero-order valence-electron chi connectivity index (χ0n) is 10.4. The van der Waals surface area contributed by atoms with E-state index in [1.54, 1.807) is 0 Å². The number of ether oxygens (including phenoxy) is 3. The number of carbonyl (C=O) groups excluding carboxylic acids is 3. The maximum absolute atomic E-state index is 11.7. The largest absolute Gasteiger partial charge is 0.469 e. The van der Waals surface area contributed by atoms with Crippen LogP contribution in [-0.2, 0) is 28.6 Å². The SMILES string of the molecule is COC(=O)C[C@H](NC(=O)[C@@H]1CCCO1)C(=O)OC. The normalized spacial score (nSPS) is 20.0. The van der Waals surface area contributed by atoms with Gasteiger partial charge in [0.1, 0.15) is 12.1 Å². The Morgan fingerprint density at radius 3 is 2.56 bits per heavy atom. The number of hydrogen-bond acceptors (Lipinski definition) is 6. The fraction of sp³-hybridized carbons (Fsp3) is 0.727. The second-order valence-corrected chi connectivity index (χ2v) is 3.87. The molecule has 7 heteroatoms. The molecular weight excluding hydrogens is 242 g/mol. The number of amides is 1. The van der Waals surface area contributed by atoms with Crippen molar-refractivity contribution in [2.24, 2.45) is 0 Å². The van der Waals surface area contributed by atoms with Gasteiger partial charge >= 0.3 is 11.9 Å². The van der Waals surface area contributed by atoms with E-state index in [9.17, 15) is 14.4 Å². The zero-order valence-corrected chi connectivity index (χ0v) is 10.4. The first kappa shape index (κ1) is 14.4. The van der Waals surface area contributed by atoms with Gasteiger partial charge in [0, 0.05) is 6.61 Å². The molecule has 1 aliphatic rings. The van der Waals surface area contributed by atoms with E-state index >= 15 is 0 Å². The van der Waals surface area contributed by atoms with Crippen molar-refractivity contribution >= 4 is 17.8 Å². The summed E-state index contributed by atoms with van der Waals surface area (Å²) < 4.78 is 14.2. The molecule has 102 valence electrons. The molecule has 0 aromatic carbocycles. The van der Waals surface area contributed by atoms with Crippen LogP contribution in [0.1, 0.15) is 19.3 Å². The molecule has 0 aliphatic carbocycles. The van der Waals surface area contributed by atoms with E-state index in [1.165, 1.54) is 14.2 Å². The molecule has 7 nitrogen and oxygen atoms in total. The standard InChI is InChI=1S/C11H17NO6/c1-16-9(13)6-7(11(15)17-2)12-10(14)8-4-3-5-18-8/h7-8H,3-6H2,1-2H3,(H,12,14)/t7-,8-/m0/s1. The maximum atomic E-state index is 11.7. The summed E-state index contributed by atoms with van der Waals surface area (Å²) in [6, 6.07) is -1.04. The van der Waals surface area contributed by atoms with Gasteiger partial charge in [-0.3, -0.25) is 9.59 Å². The highest BCUT2D eigenvalue weighted by Gasteiger charge is 2.30. The highest BCUT2D eigenvalue weighted by molar-refractivity contribution is 5.89. The van der Waals surface area contributed by atoms with Crippen LogP contribution in [-0.4, -0.2) is 50.8 Å².